The van der Waals surface area contributed by atoms with Gasteiger partial charge in [0.2, 0.25) is 0 Å². The lowest BCUT2D eigenvalue weighted by Crippen LogP contribution is -2.41. The molecule has 0 N–H and O–H groups in total. The molecule has 4 aromatic rings. The second kappa shape index (κ2) is 15.1. The number of amides is 1. The molecule has 226 valence electrons. The van der Waals surface area contributed by atoms with E-state index in [1.54, 1.807) is 12.1 Å². The second-order valence-corrected chi connectivity index (χ2v) is 11.6. The molecule has 44 heavy (non-hydrogen) atoms. The van der Waals surface area contributed by atoms with Gasteiger partial charge in [-0.2, -0.15) is 5.26 Å². The first kappa shape index (κ1) is 30.7. The van der Waals surface area contributed by atoms with Gasteiger partial charge in [0, 0.05) is 24.2 Å². The normalized spacial score (nSPS) is 13.4. The standard InChI is InChI=1S/C38H40N2O4/c1-28(2)44-33-12-8-11-30(23-33)16-15-29-19-21-40(22-20-29)38(41)27-43-36-14-7-6-13-34(36)35-18-17-32(25-39)24-37(35)42-26-31-9-4-3-5-10-31/h3-14,17-18,23-24,28-29H,15-16,19-22,26-27H2,1-2H3. The van der Waals surface area contributed by atoms with Crippen molar-refractivity contribution in [1.82, 2.24) is 4.90 Å². The number of piperidine rings is 1. The molecule has 4 aromatic carbocycles. The van der Waals surface area contributed by atoms with Gasteiger partial charge in [0.15, 0.2) is 6.61 Å². The Morgan fingerprint density at radius 1 is 0.841 bits per heavy atom. The number of nitrogens with zero attached hydrogens (tertiary/aromatic N) is 2. The summed E-state index contributed by atoms with van der Waals surface area (Å²) in [6.07, 6.45) is 4.28. The minimum absolute atomic E-state index is 0.00262. The predicted molar refractivity (Wildman–Crippen MR) is 173 cm³/mol. The molecule has 0 aromatic heterocycles. The monoisotopic (exact) mass is 588 g/mol. The SMILES string of the molecule is CC(C)Oc1cccc(CCC2CCN(C(=O)COc3ccccc3-c3ccc(C#N)cc3OCc3ccccc3)CC2)c1. The summed E-state index contributed by atoms with van der Waals surface area (Å²) >= 11 is 0. The highest BCUT2D eigenvalue weighted by Gasteiger charge is 2.23. The summed E-state index contributed by atoms with van der Waals surface area (Å²) in [5, 5.41) is 9.49. The van der Waals surface area contributed by atoms with E-state index in [2.05, 4.69) is 24.3 Å². The van der Waals surface area contributed by atoms with Crippen LogP contribution in [0.1, 0.15) is 49.8 Å². The molecule has 6 heteroatoms. The van der Waals surface area contributed by atoms with Crippen LogP contribution in [0.4, 0.5) is 0 Å². The molecular weight excluding hydrogens is 548 g/mol. The molecule has 1 amide bonds. The zero-order valence-electron chi connectivity index (χ0n) is 25.6. The molecule has 0 bridgehead atoms. The molecule has 1 fully saturated rings. The number of ether oxygens (including phenoxy) is 3. The lowest BCUT2D eigenvalue weighted by atomic mass is 9.90. The number of carbonyl (C=O) groups is 1. The zero-order valence-corrected chi connectivity index (χ0v) is 25.6. The van der Waals surface area contributed by atoms with Crippen molar-refractivity contribution in [3.8, 4) is 34.4 Å². The number of hydrogen-bond acceptors (Lipinski definition) is 5. The number of likely N-dealkylation sites (tertiary alicyclic amines) is 1. The van der Waals surface area contributed by atoms with Crippen molar-refractivity contribution in [3.63, 3.8) is 0 Å². The van der Waals surface area contributed by atoms with Crippen LogP contribution in [0.5, 0.6) is 17.2 Å². The van der Waals surface area contributed by atoms with Gasteiger partial charge in [-0.3, -0.25) is 4.79 Å². The van der Waals surface area contributed by atoms with Gasteiger partial charge >= 0.3 is 0 Å². The summed E-state index contributed by atoms with van der Waals surface area (Å²) in [4.78, 5) is 15.1. The van der Waals surface area contributed by atoms with Gasteiger partial charge in [-0.25, -0.2) is 0 Å². The molecule has 5 rings (SSSR count). The first-order valence-corrected chi connectivity index (χ1v) is 15.4. The summed E-state index contributed by atoms with van der Waals surface area (Å²) in [6, 6.07) is 33.5. The number of aryl methyl sites for hydroxylation is 1. The molecule has 1 aliphatic rings. The van der Waals surface area contributed by atoms with E-state index in [1.165, 1.54) is 5.56 Å². The summed E-state index contributed by atoms with van der Waals surface area (Å²) in [5.41, 5.74) is 4.47. The van der Waals surface area contributed by atoms with Gasteiger partial charge in [0.25, 0.3) is 5.91 Å². The maximum Gasteiger partial charge on any atom is 0.260 e. The minimum atomic E-state index is -0.0270. The van der Waals surface area contributed by atoms with Crippen molar-refractivity contribution in [2.75, 3.05) is 19.7 Å². The van der Waals surface area contributed by atoms with Crippen LogP contribution >= 0.6 is 0 Å². The Balaban J connectivity index is 1.16. The summed E-state index contributed by atoms with van der Waals surface area (Å²) in [6.45, 7) is 5.93. The van der Waals surface area contributed by atoms with Gasteiger partial charge in [0.05, 0.1) is 17.7 Å². The van der Waals surface area contributed by atoms with Crippen LogP contribution in [0.3, 0.4) is 0 Å². The fourth-order valence-corrected chi connectivity index (χ4v) is 5.60. The van der Waals surface area contributed by atoms with E-state index in [4.69, 9.17) is 14.2 Å². The van der Waals surface area contributed by atoms with Crippen LogP contribution in [-0.2, 0) is 17.8 Å². The molecular formula is C38H40N2O4. The molecule has 0 unspecified atom stereocenters. The first-order chi connectivity index (χ1) is 21.5. The van der Waals surface area contributed by atoms with E-state index in [-0.39, 0.29) is 18.6 Å². The van der Waals surface area contributed by atoms with Crippen molar-refractivity contribution in [1.29, 1.82) is 5.26 Å². The van der Waals surface area contributed by atoms with E-state index in [0.29, 0.717) is 29.6 Å². The zero-order chi connectivity index (χ0) is 30.7. The lowest BCUT2D eigenvalue weighted by Gasteiger charge is -2.32. The number of hydrogen-bond donors (Lipinski definition) is 0. The van der Waals surface area contributed by atoms with E-state index in [0.717, 1.165) is 61.2 Å². The number of para-hydroxylation sites is 1. The van der Waals surface area contributed by atoms with Gasteiger partial charge in [-0.1, -0.05) is 60.7 Å². The van der Waals surface area contributed by atoms with E-state index >= 15 is 0 Å². The number of carbonyl (C=O) groups excluding carboxylic acids is 1. The van der Waals surface area contributed by atoms with Crippen molar-refractivity contribution < 1.29 is 19.0 Å². The van der Waals surface area contributed by atoms with E-state index in [9.17, 15) is 10.1 Å². The van der Waals surface area contributed by atoms with Crippen molar-refractivity contribution in [2.45, 2.75) is 52.2 Å². The fourth-order valence-electron chi connectivity index (χ4n) is 5.60. The first-order valence-electron chi connectivity index (χ1n) is 15.4. The Morgan fingerprint density at radius 2 is 1.57 bits per heavy atom. The third-order valence-corrected chi connectivity index (χ3v) is 7.95. The third-order valence-electron chi connectivity index (χ3n) is 7.95. The Kier molecular flexibility index (Phi) is 10.5. The second-order valence-electron chi connectivity index (χ2n) is 11.6. The summed E-state index contributed by atoms with van der Waals surface area (Å²) in [5.74, 6) is 2.72. The molecule has 0 saturated carbocycles. The number of rotatable bonds is 12. The average Bonchev–Trinajstić information content (AvgIpc) is 3.06. The van der Waals surface area contributed by atoms with Crippen LogP contribution in [0, 0.1) is 17.2 Å². The Bertz CT molecular complexity index is 1570. The predicted octanol–water partition coefficient (Wildman–Crippen LogP) is 7.84. The average molecular weight is 589 g/mol. The maximum atomic E-state index is 13.2. The smallest absolute Gasteiger partial charge is 0.260 e. The van der Waals surface area contributed by atoms with Crippen LogP contribution in [0.15, 0.2) is 97.1 Å². The maximum absolute atomic E-state index is 13.2. The largest absolute Gasteiger partial charge is 0.491 e. The van der Waals surface area contributed by atoms with Crippen LogP contribution in [0.2, 0.25) is 0 Å². The van der Waals surface area contributed by atoms with Gasteiger partial charge in [-0.15, -0.1) is 0 Å². The quantitative estimate of drug-likeness (QED) is 0.169. The molecule has 6 nitrogen and oxygen atoms in total. The van der Waals surface area contributed by atoms with Crippen molar-refractivity contribution in [3.05, 3.63) is 114 Å². The fraction of sp³-hybridized carbons (Fsp3) is 0.316. The number of nitriles is 1. The highest BCUT2D eigenvalue weighted by Crippen LogP contribution is 2.37. The molecule has 1 saturated heterocycles. The van der Waals surface area contributed by atoms with E-state index < -0.39 is 0 Å². The van der Waals surface area contributed by atoms with Crippen LogP contribution < -0.4 is 14.2 Å². The van der Waals surface area contributed by atoms with Gasteiger partial charge < -0.3 is 19.1 Å². The summed E-state index contributed by atoms with van der Waals surface area (Å²) in [7, 11) is 0. The van der Waals surface area contributed by atoms with Crippen molar-refractivity contribution in [2.24, 2.45) is 5.92 Å². The van der Waals surface area contributed by atoms with E-state index in [1.807, 2.05) is 85.5 Å². The van der Waals surface area contributed by atoms with Crippen LogP contribution in [-0.4, -0.2) is 36.6 Å². The summed E-state index contributed by atoms with van der Waals surface area (Å²) < 4.78 is 18.2. The third kappa shape index (κ3) is 8.41. The topological polar surface area (TPSA) is 71.8 Å². The Labute approximate surface area is 260 Å². The molecule has 0 radical (unpaired) electrons. The Morgan fingerprint density at radius 3 is 2.34 bits per heavy atom. The number of benzene rings is 4. The molecule has 0 spiro atoms. The Hall–Kier alpha value is -4.76. The van der Waals surface area contributed by atoms with Gasteiger partial charge in [0.1, 0.15) is 23.9 Å². The van der Waals surface area contributed by atoms with Gasteiger partial charge in [-0.05, 0) is 93.0 Å². The minimum Gasteiger partial charge on any atom is -0.491 e. The molecule has 0 atom stereocenters. The highest BCUT2D eigenvalue weighted by atomic mass is 16.5. The molecule has 1 aliphatic heterocycles. The van der Waals surface area contributed by atoms with Crippen molar-refractivity contribution >= 4 is 5.91 Å². The van der Waals surface area contributed by atoms with Crippen LogP contribution in [0.25, 0.3) is 11.1 Å². The lowest BCUT2D eigenvalue weighted by molar-refractivity contribution is -0.134. The molecule has 0 aliphatic carbocycles. The highest BCUT2D eigenvalue weighted by molar-refractivity contribution is 5.80. The molecule has 1 heterocycles.